The number of aromatic nitrogens is 4. The number of carbonyl (C=O) groups excluding carboxylic acids is 2. The molecular formula is C21H19N5O4S2. The van der Waals surface area contributed by atoms with Crippen LogP contribution in [-0.4, -0.2) is 44.1 Å². The maximum Gasteiger partial charge on any atom is 0.337 e. The largest absolute Gasteiger partial charge is 0.465 e. The van der Waals surface area contributed by atoms with Gasteiger partial charge in [-0.25, -0.2) is 4.79 Å². The zero-order valence-corrected chi connectivity index (χ0v) is 18.9. The number of thiazole rings is 1. The molecule has 0 saturated heterocycles. The third kappa shape index (κ3) is 4.58. The van der Waals surface area contributed by atoms with Gasteiger partial charge in [0.15, 0.2) is 11.0 Å². The Morgan fingerprint density at radius 1 is 1.12 bits per heavy atom. The quantitative estimate of drug-likeness (QED) is 0.327. The summed E-state index contributed by atoms with van der Waals surface area (Å²) in [6, 6.07) is 14.1. The number of rotatable bonds is 7. The van der Waals surface area contributed by atoms with Crippen molar-refractivity contribution in [1.82, 2.24) is 19.3 Å². The van der Waals surface area contributed by atoms with Crippen molar-refractivity contribution in [1.29, 1.82) is 0 Å². The van der Waals surface area contributed by atoms with Crippen LogP contribution < -0.4 is 10.2 Å². The number of nitrogens with one attached hydrogen (secondary N) is 1. The number of methoxy groups -OCH3 is 1. The number of para-hydroxylation sites is 1. The minimum Gasteiger partial charge on any atom is -0.465 e. The van der Waals surface area contributed by atoms with E-state index >= 15 is 0 Å². The molecule has 11 heteroatoms. The van der Waals surface area contributed by atoms with E-state index in [4.69, 9.17) is 0 Å². The molecule has 32 heavy (non-hydrogen) atoms. The van der Waals surface area contributed by atoms with Crippen LogP contribution in [0.3, 0.4) is 0 Å². The normalized spacial score (nSPS) is 10.9. The molecule has 0 spiro atoms. The summed E-state index contributed by atoms with van der Waals surface area (Å²) in [5.74, 6) is 0.100. The van der Waals surface area contributed by atoms with Crippen molar-refractivity contribution in [2.45, 2.75) is 11.7 Å². The number of amides is 1. The molecule has 0 aliphatic rings. The highest BCUT2D eigenvalue weighted by Crippen LogP contribution is 2.20. The van der Waals surface area contributed by atoms with E-state index < -0.39 is 5.97 Å². The summed E-state index contributed by atoms with van der Waals surface area (Å²) in [5, 5.41) is 11.7. The van der Waals surface area contributed by atoms with Gasteiger partial charge >= 0.3 is 10.8 Å². The molecule has 0 saturated carbocycles. The monoisotopic (exact) mass is 469 g/mol. The summed E-state index contributed by atoms with van der Waals surface area (Å²) in [6.45, 7) is 0.297. The number of carbonyl (C=O) groups is 2. The summed E-state index contributed by atoms with van der Waals surface area (Å²) in [5.41, 5.74) is 1.84. The van der Waals surface area contributed by atoms with Crippen LogP contribution in [0.25, 0.3) is 10.2 Å². The Morgan fingerprint density at radius 3 is 2.62 bits per heavy atom. The van der Waals surface area contributed by atoms with Gasteiger partial charge in [0.05, 0.1) is 35.2 Å². The third-order valence-corrected chi connectivity index (χ3v) is 6.70. The zero-order chi connectivity index (χ0) is 22.7. The Balaban J connectivity index is 1.38. The van der Waals surface area contributed by atoms with Gasteiger partial charge in [-0.15, -0.1) is 10.2 Å². The summed E-state index contributed by atoms with van der Waals surface area (Å²) in [4.78, 5) is 36.1. The molecule has 9 nitrogen and oxygen atoms in total. The highest BCUT2D eigenvalue weighted by Gasteiger charge is 2.15. The first kappa shape index (κ1) is 21.8. The van der Waals surface area contributed by atoms with Crippen LogP contribution in [0.15, 0.2) is 58.5 Å². The number of hydrogen-bond acceptors (Lipinski definition) is 8. The standard InChI is InChI=1S/C21H19N5O4S2/c1-25-17(11-26-15-5-3-4-6-16(15)32-21(26)29)23-24-20(25)31-12-18(27)22-14-9-7-13(8-10-14)19(28)30-2/h3-10H,11-12H2,1-2H3,(H,22,27). The molecule has 0 bridgehead atoms. The number of hydrogen-bond donors (Lipinski definition) is 1. The maximum absolute atomic E-state index is 12.4. The number of esters is 1. The zero-order valence-electron chi connectivity index (χ0n) is 17.3. The number of nitrogens with zero attached hydrogens (tertiary/aromatic N) is 4. The van der Waals surface area contributed by atoms with Gasteiger partial charge in [-0.2, -0.15) is 0 Å². The summed E-state index contributed by atoms with van der Waals surface area (Å²) in [7, 11) is 3.12. The summed E-state index contributed by atoms with van der Waals surface area (Å²) >= 11 is 2.44. The van der Waals surface area contributed by atoms with E-state index in [2.05, 4.69) is 20.3 Å². The molecule has 0 atom stereocenters. The summed E-state index contributed by atoms with van der Waals surface area (Å²) in [6.07, 6.45) is 0. The molecule has 1 amide bonds. The molecule has 0 aliphatic carbocycles. The molecule has 4 rings (SSSR count). The van der Waals surface area contributed by atoms with Gasteiger partial charge in [-0.3, -0.25) is 14.2 Å². The van der Waals surface area contributed by atoms with Gasteiger partial charge in [0, 0.05) is 12.7 Å². The molecule has 4 aromatic rings. The van der Waals surface area contributed by atoms with Crippen molar-refractivity contribution < 1.29 is 14.3 Å². The lowest BCUT2D eigenvalue weighted by Gasteiger charge is -2.07. The van der Waals surface area contributed by atoms with Gasteiger partial charge in [0.2, 0.25) is 5.91 Å². The first-order chi connectivity index (χ1) is 15.5. The average Bonchev–Trinajstić information content (AvgIpc) is 3.31. The van der Waals surface area contributed by atoms with Crippen LogP contribution in [0, 0.1) is 0 Å². The second-order valence-corrected chi connectivity index (χ2v) is 8.72. The predicted molar refractivity (Wildman–Crippen MR) is 123 cm³/mol. The smallest absolute Gasteiger partial charge is 0.337 e. The number of thioether (sulfide) groups is 1. The van der Waals surface area contributed by atoms with Gasteiger partial charge < -0.3 is 14.6 Å². The molecule has 2 heterocycles. The van der Waals surface area contributed by atoms with E-state index in [9.17, 15) is 14.4 Å². The van der Waals surface area contributed by atoms with E-state index in [0.717, 1.165) is 10.2 Å². The molecule has 2 aromatic heterocycles. The van der Waals surface area contributed by atoms with E-state index in [0.29, 0.717) is 28.8 Å². The molecule has 0 radical (unpaired) electrons. The fraction of sp³-hybridized carbons (Fsp3) is 0.190. The van der Waals surface area contributed by atoms with E-state index in [1.54, 1.807) is 40.4 Å². The average molecular weight is 470 g/mol. The minimum absolute atomic E-state index is 0.0546. The van der Waals surface area contributed by atoms with Gasteiger partial charge in [0.1, 0.15) is 0 Å². The SMILES string of the molecule is COC(=O)c1ccc(NC(=O)CSc2nnc(Cn3c(=O)sc4ccccc43)n2C)cc1. The first-order valence-corrected chi connectivity index (χ1v) is 11.3. The number of ether oxygens (including phenoxy) is 1. The molecule has 164 valence electrons. The van der Waals surface area contributed by atoms with Gasteiger partial charge in [-0.1, -0.05) is 35.2 Å². The highest BCUT2D eigenvalue weighted by molar-refractivity contribution is 7.99. The number of fused-ring (bicyclic) bond motifs is 1. The highest BCUT2D eigenvalue weighted by atomic mass is 32.2. The first-order valence-electron chi connectivity index (χ1n) is 9.54. The Kier molecular flexibility index (Phi) is 6.37. The van der Waals surface area contributed by atoms with Crippen LogP contribution in [0.4, 0.5) is 5.69 Å². The Labute approximate surface area is 191 Å². The molecule has 1 N–H and O–H groups in total. The van der Waals surface area contributed by atoms with E-state index in [1.165, 1.54) is 30.2 Å². The molecular weight excluding hydrogens is 450 g/mol. The van der Waals surface area contributed by atoms with Crippen LogP contribution in [0.5, 0.6) is 0 Å². The second kappa shape index (κ2) is 9.37. The molecule has 0 fully saturated rings. The lowest BCUT2D eigenvalue weighted by molar-refractivity contribution is -0.113. The van der Waals surface area contributed by atoms with Crippen molar-refractivity contribution in [3.63, 3.8) is 0 Å². The minimum atomic E-state index is -0.436. The van der Waals surface area contributed by atoms with Crippen molar-refractivity contribution in [2.24, 2.45) is 7.05 Å². The third-order valence-electron chi connectivity index (χ3n) is 4.72. The number of benzene rings is 2. The van der Waals surface area contributed by atoms with Crippen molar-refractivity contribution in [3.8, 4) is 0 Å². The van der Waals surface area contributed by atoms with Crippen LogP contribution in [-0.2, 0) is 23.1 Å². The second-order valence-electron chi connectivity index (χ2n) is 6.79. The van der Waals surface area contributed by atoms with Crippen LogP contribution in [0.2, 0.25) is 0 Å². The Morgan fingerprint density at radius 2 is 1.88 bits per heavy atom. The predicted octanol–water partition coefficient (Wildman–Crippen LogP) is 2.76. The Bertz CT molecular complexity index is 1340. The van der Waals surface area contributed by atoms with Crippen molar-refractivity contribution >= 4 is 50.9 Å². The van der Waals surface area contributed by atoms with E-state index in [1.807, 2.05) is 24.3 Å². The topological polar surface area (TPSA) is 108 Å². The lowest BCUT2D eigenvalue weighted by atomic mass is 10.2. The molecule has 0 unspecified atom stereocenters. The van der Waals surface area contributed by atoms with Crippen molar-refractivity contribution in [2.75, 3.05) is 18.2 Å². The Hall–Kier alpha value is -3.44. The molecule has 0 aliphatic heterocycles. The summed E-state index contributed by atoms with van der Waals surface area (Å²) < 4.78 is 9.03. The lowest BCUT2D eigenvalue weighted by Crippen LogP contribution is -2.16. The molecule has 2 aromatic carbocycles. The van der Waals surface area contributed by atoms with Gasteiger partial charge in [-0.05, 0) is 36.4 Å². The van der Waals surface area contributed by atoms with Crippen LogP contribution in [0.1, 0.15) is 16.2 Å². The van der Waals surface area contributed by atoms with Crippen LogP contribution >= 0.6 is 23.1 Å². The van der Waals surface area contributed by atoms with Gasteiger partial charge in [0.25, 0.3) is 0 Å². The number of anilines is 1. The fourth-order valence-corrected chi connectivity index (χ4v) is 4.67. The van der Waals surface area contributed by atoms with E-state index in [-0.39, 0.29) is 16.5 Å². The van der Waals surface area contributed by atoms with Crippen molar-refractivity contribution in [3.05, 3.63) is 69.6 Å². The maximum atomic E-state index is 12.4. The fourth-order valence-electron chi connectivity index (χ4n) is 3.05.